The molecule has 0 bridgehead atoms. The summed E-state index contributed by atoms with van der Waals surface area (Å²) in [5.74, 6) is 1.51. The molecule has 5 nitrogen and oxygen atoms in total. The number of piperidine rings is 1. The Morgan fingerprint density at radius 1 is 1.18 bits per heavy atom. The molecule has 0 saturated carbocycles. The molecule has 1 aliphatic heterocycles. The van der Waals surface area contributed by atoms with Gasteiger partial charge in [-0.1, -0.05) is 35.5 Å². The number of nitrogens with one attached hydrogen (secondary N) is 1. The second-order valence-corrected chi connectivity index (χ2v) is 7.49. The van der Waals surface area contributed by atoms with Gasteiger partial charge in [-0.15, -0.1) is 5.10 Å². The number of hydrogen-bond acceptors (Lipinski definition) is 4. The quantitative estimate of drug-likeness (QED) is 0.575. The van der Waals surface area contributed by atoms with Crippen LogP contribution in [-0.4, -0.2) is 21.5 Å². The summed E-state index contributed by atoms with van der Waals surface area (Å²) in [6, 6.07) is 17.4. The average Bonchev–Trinajstić information content (AvgIpc) is 3.38. The molecule has 1 aliphatic rings. The maximum atomic E-state index is 5.85. The molecule has 1 N–H and O–H groups in total. The van der Waals surface area contributed by atoms with Crippen LogP contribution < -0.4 is 5.32 Å². The number of hydrogen-bond donors (Lipinski definition) is 1. The Hall–Kier alpha value is -2.92. The first-order valence-corrected chi connectivity index (χ1v) is 9.78. The Morgan fingerprint density at radius 2 is 2.07 bits per heavy atom. The number of benzene rings is 2. The Labute approximate surface area is 164 Å². The van der Waals surface area contributed by atoms with Crippen molar-refractivity contribution in [2.24, 2.45) is 7.05 Å². The molecule has 5 rings (SSSR count). The van der Waals surface area contributed by atoms with Gasteiger partial charge in [0.25, 0.3) is 0 Å². The van der Waals surface area contributed by atoms with Gasteiger partial charge in [-0.05, 0) is 55.1 Å². The predicted octanol–water partition coefficient (Wildman–Crippen LogP) is 4.47. The van der Waals surface area contributed by atoms with Crippen molar-refractivity contribution in [2.45, 2.75) is 25.3 Å². The van der Waals surface area contributed by atoms with E-state index in [1.807, 2.05) is 19.3 Å². The van der Waals surface area contributed by atoms with E-state index < -0.39 is 0 Å². The molecule has 0 spiro atoms. The number of nitrogens with zero attached hydrogens (tertiary/aromatic N) is 3. The summed E-state index contributed by atoms with van der Waals surface area (Å²) >= 11 is 0. The minimum Gasteiger partial charge on any atom is -0.464 e. The highest BCUT2D eigenvalue weighted by molar-refractivity contribution is 5.86. The SMILES string of the molecule is Cn1cc(-c2cc(C[C]3CCCN[C@@H]3c3ccccc3)c3occc3c2)nn1. The smallest absolute Gasteiger partial charge is 0.137 e. The molecule has 0 aliphatic carbocycles. The Morgan fingerprint density at radius 3 is 2.89 bits per heavy atom. The summed E-state index contributed by atoms with van der Waals surface area (Å²) in [7, 11) is 1.89. The van der Waals surface area contributed by atoms with Crippen LogP contribution in [0.25, 0.3) is 22.2 Å². The fraction of sp³-hybridized carbons (Fsp3) is 0.261. The molecule has 0 amide bonds. The molecule has 1 atom stereocenters. The van der Waals surface area contributed by atoms with E-state index in [-0.39, 0.29) is 0 Å². The summed E-state index contributed by atoms with van der Waals surface area (Å²) in [5, 5.41) is 13.2. The number of rotatable bonds is 4. The van der Waals surface area contributed by atoms with E-state index in [1.54, 1.807) is 10.9 Å². The lowest BCUT2D eigenvalue weighted by atomic mass is 9.81. The minimum absolute atomic E-state index is 0.292. The van der Waals surface area contributed by atoms with Crippen LogP contribution in [0.2, 0.25) is 0 Å². The zero-order chi connectivity index (χ0) is 18.9. The van der Waals surface area contributed by atoms with Gasteiger partial charge in [-0.2, -0.15) is 0 Å². The maximum Gasteiger partial charge on any atom is 0.137 e. The third-order valence-corrected chi connectivity index (χ3v) is 5.51. The van der Waals surface area contributed by atoms with E-state index in [0.29, 0.717) is 6.04 Å². The Bertz CT molecular complexity index is 1080. The molecule has 2 aromatic heterocycles. The zero-order valence-corrected chi connectivity index (χ0v) is 15.9. The van der Waals surface area contributed by atoms with Crippen molar-refractivity contribution in [1.29, 1.82) is 0 Å². The molecule has 28 heavy (non-hydrogen) atoms. The second-order valence-electron chi connectivity index (χ2n) is 7.49. The van der Waals surface area contributed by atoms with Gasteiger partial charge in [0.1, 0.15) is 11.3 Å². The molecule has 1 saturated heterocycles. The van der Waals surface area contributed by atoms with Gasteiger partial charge in [-0.3, -0.25) is 4.68 Å². The van der Waals surface area contributed by atoms with Crippen molar-refractivity contribution in [1.82, 2.24) is 20.3 Å². The van der Waals surface area contributed by atoms with Gasteiger partial charge in [0.05, 0.1) is 12.5 Å². The van der Waals surface area contributed by atoms with Crippen molar-refractivity contribution in [2.75, 3.05) is 6.54 Å². The van der Waals surface area contributed by atoms with Crippen molar-refractivity contribution >= 4 is 11.0 Å². The van der Waals surface area contributed by atoms with Crippen LogP contribution in [0.5, 0.6) is 0 Å². The molecule has 4 aromatic rings. The van der Waals surface area contributed by atoms with Gasteiger partial charge in [-0.25, -0.2) is 0 Å². The lowest BCUT2D eigenvalue weighted by Crippen LogP contribution is -2.34. The van der Waals surface area contributed by atoms with Crippen molar-refractivity contribution in [3.63, 3.8) is 0 Å². The van der Waals surface area contributed by atoms with Gasteiger partial charge in [0.2, 0.25) is 0 Å². The lowest BCUT2D eigenvalue weighted by molar-refractivity contribution is 0.433. The monoisotopic (exact) mass is 371 g/mol. The van der Waals surface area contributed by atoms with Crippen LogP contribution in [0.15, 0.2) is 65.4 Å². The largest absolute Gasteiger partial charge is 0.464 e. The van der Waals surface area contributed by atoms with Crippen molar-refractivity contribution in [3.05, 3.63) is 78.0 Å². The number of furan rings is 1. The Balaban J connectivity index is 1.52. The molecule has 1 fully saturated rings. The van der Waals surface area contributed by atoms with Crippen LogP contribution in [0.1, 0.15) is 30.0 Å². The van der Waals surface area contributed by atoms with Crippen LogP contribution in [0.3, 0.4) is 0 Å². The normalized spacial score (nSPS) is 18.0. The van der Waals surface area contributed by atoms with Crippen LogP contribution in [0, 0.1) is 5.92 Å². The summed E-state index contributed by atoms with van der Waals surface area (Å²) in [6.07, 6.45) is 6.92. The zero-order valence-electron chi connectivity index (χ0n) is 15.9. The van der Waals surface area contributed by atoms with E-state index in [2.05, 4.69) is 58.1 Å². The maximum absolute atomic E-state index is 5.85. The molecule has 1 radical (unpaired) electrons. The van der Waals surface area contributed by atoms with E-state index in [9.17, 15) is 0 Å². The highest BCUT2D eigenvalue weighted by atomic mass is 16.3. The molecule has 2 aromatic carbocycles. The van der Waals surface area contributed by atoms with Crippen LogP contribution in [0.4, 0.5) is 0 Å². The number of aryl methyl sites for hydroxylation is 1. The summed E-state index contributed by atoms with van der Waals surface area (Å²) in [5.41, 5.74) is 5.48. The summed E-state index contributed by atoms with van der Waals surface area (Å²) in [4.78, 5) is 0. The highest BCUT2D eigenvalue weighted by Crippen LogP contribution is 2.37. The van der Waals surface area contributed by atoms with Gasteiger partial charge in [0, 0.05) is 30.0 Å². The molecule has 5 heteroatoms. The first-order chi connectivity index (χ1) is 13.8. The van der Waals surface area contributed by atoms with E-state index in [0.717, 1.165) is 41.6 Å². The lowest BCUT2D eigenvalue weighted by Gasteiger charge is -2.33. The number of fused-ring (bicyclic) bond motifs is 1. The fourth-order valence-corrected chi connectivity index (χ4v) is 4.20. The second kappa shape index (κ2) is 7.24. The molecule has 141 valence electrons. The van der Waals surface area contributed by atoms with Gasteiger partial charge < -0.3 is 9.73 Å². The van der Waals surface area contributed by atoms with E-state index in [4.69, 9.17) is 4.42 Å². The molecule has 3 heterocycles. The summed E-state index contributed by atoms with van der Waals surface area (Å²) in [6.45, 7) is 1.05. The standard InChI is InChI=1S/C23H23N4O/c1-27-15-21(25-26-27)19-13-18-9-11-28-23(18)20(14-19)12-17-8-5-10-24-22(17)16-6-3-2-4-7-16/h2-4,6-7,9,11,13-15,22,24H,5,8,10,12H2,1H3/t22-/m1/s1. The summed E-state index contributed by atoms with van der Waals surface area (Å²) < 4.78 is 7.59. The number of aromatic nitrogens is 3. The topological polar surface area (TPSA) is 55.9 Å². The third kappa shape index (κ3) is 3.22. The first kappa shape index (κ1) is 17.2. The molecular formula is C23H23N4O. The van der Waals surface area contributed by atoms with Gasteiger partial charge in [0.15, 0.2) is 0 Å². The first-order valence-electron chi connectivity index (χ1n) is 9.78. The highest BCUT2D eigenvalue weighted by Gasteiger charge is 2.28. The predicted molar refractivity (Wildman–Crippen MR) is 110 cm³/mol. The minimum atomic E-state index is 0.292. The molecule has 0 unspecified atom stereocenters. The van der Waals surface area contributed by atoms with Crippen molar-refractivity contribution in [3.8, 4) is 11.3 Å². The van der Waals surface area contributed by atoms with E-state index >= 15 is 0 Å². The van der Waals surface area contributed by atoms with E-state index in [1.165, 1.54) is 23.5 Å². The van der Waals surface area contributed by atoms with Crippen LogP contribution >= 0.6 is 0 Å². The van der Waals surface area contributed by atoms with Gasteiger partial charge >= 0.3 is 0 Å². The third-order valence-electron chi connectivity index (χ3n) is 5.51. The molecular weight excluding hydrogens is 348 g/mol. The van der Waals surface area contributed by atoms with Crippen molar-refractivity contribution < 1.29 is 4.42 Å². The average molecular weight is 371 g/mol. The fourth-order valence-electron chi connectivity index (χ4n) is 4.20. The Kier molecular flexibility index (Phi) is 4.45. The van der Waals surface area contributed by atoms with Crippen LogP contribution in [-0.2, 0) is 13.5 Å².